The van der Waals surface area contributed by atoms with Gasteiger partial charge in [-0.25, -0.2) is 27.9 Å². The fourth-order valence-corrected chi connectivity index (χ4v) is 7.35. The molecule has 1 fully saturated rings. The minimum Gasteiger partial charge on any atom is -0.449 e. The third-order valence-electron chi connectivity index (χ3n) is 6.90. The van der Waals surface area contributed by atoms with E-state index in [1.165, 1.54) is 28.4 Å². The van der Waals surface area contributed by atoms with Gasteiger partial charge in [0, 0.05) is 19.1 Å². The van der Waals surface area contributed by atoms with Crippen LogP contribution in [0.3, 0.4) is 0 Å². The molecule has 11 nitrogen and oxygen atoms in total. The maximum atomic E-state index is 13.6. The van der Waals surface area contributed by atoms with Gasteiger partial charge in [-0.1, -0.05) is 17.4 Å². The van der Waals surface area contributed by atoms with Crippen LogP contribution in [0.4, 0.5) is 34.7 Å². The number of rotatable bonds is 8. The van der Waals surface area contributed by atoms with Gasteiger partial charge in [-0.05, 0) is 69.5 Å². The van der Waals surface area contributed by atoms with Gasteiger partial charge in [0.05, 0.1) is 27.6 Å². The molecule has 16 heteroatoms. The molecule has 43 heavy (non-hydrogen) atoms. The summed E-state index contributed by atoms with van der Waals surface area (Å²) >= 11 is 1.18. The second-order valence-electron chi connectivity index (χ2n) is 10.5. The van der Waals surface area contributed by atoms with Crippen molar-refractivity contribution < 1.29 is 35.9 Å². The number of amides is 2. The molecule has 1 unspecified atom stereocenters. The van der Waals surface area contributed by atoms with Crippen molar-refractivity contribution in [2.24, 2.45) is 0 Å². The number of anilines is 3. The van der Waals surface area contributed by atoms with E-state index in [0.29, 0.717) is 57.4 Å². The van der Waals surface area contributed by atoms with Crippen molar-refractivity contribution in [1.82, 2.24) is 19.6 Å². The molecule has 2 N–H and O–H groups in total. The molecule has 2 aromatic heterocycles. The van der Waals surface area contributed by atoms with Crippen molar-refractivity contribution in [1.29, 1.82) is 0 Å². The van der Waals surface area contributed by atoms with Gasteiger partial charge in [0.15, 0.2) is 5.13 Å². The molecule has 0 spiro atoms. The Labute approximate surface area is 250 Å². The summed E-state index contributed by atoms with van der Waals surface area (Å²) < 4.78 is 74.9. The fraction of sp³-hybridized carbons (Fsp3) is 0.407. The highest BCUT2D eigenvalue weighted by Gasteiger charge is 2.46. The Hall–Kier alpha value is -3.76. The number of aryl methyl sites for hydroxylation is 1. The number of thiazole rings is 1. The zero-order valence-corrected chi connectivity index (χ0v) is 25.3. The first-order valence-electron chi connectivity index (χ1n) is 13.4. The van der Waals surface area contributed by atoms with E-state index >= 15 is 0 Å². The van der Waals surface area contributed by atoms with Gasteiger partial charge in [-0.15, -0.1) is 0 Å². The number of pyridine rings is 1. The van der Waals surface area contributed by atoms with Crippen LogP contribution < -0.4 is 14.9 Å². The molecule has 1 aromatic carbocycles. The number of nitrogens with one attached hydrogen (secondary N) is 2. The highest BCUT2D eigenvalue weighted by Crippen LogP contribution is 2.41. The normalized spacial score (nSPS) is 16.5. The predicted molar refractivity (Wildman–Crippen MR) is 154 cm³/mol. The summed E-state index contributed by atoms with van der Waals surface area (Å²) in [4.78, 5) is 36.6. The molecular formula is C27H29F3N6O5S2. The molecule has 0 bridgehead atoms. The summed E-state index contributed by atoms with van der Waals surface area (Å²) in [5.74, 6) is -0.198. The van der Waals surface area contributed by atoms with Crippen molar-refractivity contribution in [3.05, 3.63) is 47.2 Å². The van der Waals surface area contributed by atoms with E-state index in [9.17, 15) is 31.2 Å². The number of aromatic nitrogens is 2. The number of alkyl halides is 3. The number of halogens is 3. The average molecular weight is 639 g/mol. The zero-order chi connectivity index (χ0) is 31.3. The minimum atomic E-state index is -4.69. The van der Waals surface area contributed by atoms with E-state index < -0.39 is 46.8 Å². The van der Waals surface area contributed by atoms with Crippen LogP contribution in [0.25, 0.3) is 10.4 Å². The van der Waals surface area contributed by atoms with Gasteiger partial charge in [-0.3, -0.25) is 9.69 Å². The van der Waals surface area contributed by atoms with Crippen LogP contribution in [0.15, 0.2) is 35.2 Å². The highest BCUT2D eigenvalue weighted by molar-refractivity contribution is 7.89. The van der Waals surface area contributed by atoms with Crippen molar-refractivity contribution in [2.45, 2.75) is 63.8 Å². The van der Waals surface area contributed by atoms with Crippen molar-refractivity contribution in [3.63, 3.8) is 0 Å². The second kappa shape index (κ2) is 11.4. The summed E-state index contributed by atoms with van der Waals surface area (Å²) in [5, 5.41) is 3.51. The molecule has 4 heterocycles. The third kappa shape index (κ3) is 6.17. The molecular weight excluding hydrogens is 609 g/mol. The maximum Gasteiger partial charge on any atom is 0.415 e. The number of hydrogen-bond acceptors (Lipinski definition) is 9. The lowest BCUT2D eigenvalue weighted by molar-refractivity contribution is -0.172. The van der Waals surface area contributed by atoms with Crippen LogP contribution >= 0.6 is 11.3 Å². The first kappa shape index (κ1) is 30.7. The zero-order valence-electron chi connectivity index (χ0n) is 23.7. The lowest BCUT2D eigenvalue weighted by Crippen LogP contribution is -2.43. The van der Waals surface area contributed by atoms with Crippen molar-refractivity contribution >= 4 is 50.1 Å². The van der Waals surface area contributed by atoms with E-state index in [1.807, 2.05) is 0 Å². The molecule has 3 aromatic rings. The fourth-order valence-electron chi connectivity index (χ4n) is 4.88. The molecule has 1 saturated heterocycles. The number of carbonyl (C=O) groups is 2. The monoisotopic (exact) mass is 638 g/mol. The number of nitrogens with zero attached hydrogens (tertiary/aromatic N) is 4. The number of ether oxygens (including phenoxy) is 1. The van der Waals surface area contributed by atoms with Crippen LogP contribution in [0, 0.1) is 6.92 Å². The molecule has 0 aliphatic carbocycles. The van der Waals surface area contributed by atoms with Crippen molar-refractivity contribution in [3.8, 4) is 10.4 Å². The van der Waals surface area contributed by atoms with Gasteiger partial charge in [0.1, 0.15) is 17.7 Å². The topological polar surface area (TPSA) is 134 Å². The quantitative estimate of drug-likeness (QED) is 0.344. The number of benzene rings is 1. The van der Waals surface area contributed by atoms with E-state index in [1.54, 1.807) is 39.0 Å². The summed E-state index contributed by atoms with van der Waals surface area (Å²) in [7, 11) is -4.27. The maximum absolute atomic E-state index is 13.6. The lowest BCUT2D eigenvalue weighted by atomic mass is 10.0. The summed E-state index contributed by atoms with van der Waals surface area (Å²) in [5.41, 5.74) is 0.810. The summed E-state index contributed by atoms with van der Waals surface area (Å²) in [6, 6.07) is 5.29. The van der Waals surface area contributed by atoms with Crippen LogP contribution in [0.1, 0.15) is 48.8 Å². The number of hydrogen-bond donors (Lipinski definition) is 2. The molecule has 0 radical (unpaired) electrons. The average Bonchev–Trinajstić information content (AvgIpc) is 3.45. The van der Waals surface area contributed by atoms with Gasteiger partial charge in [0.2, 0.25) is 10.0 Å². The molecule has 5 rings (SSSR count). The third-order valence-corrected chi connectivity index (χ3v) is 9.70. The Morgan fingerprint density at radius 3 is 2.53 bits per heavy atom. The Bertz CT molecular complexity index is 1690. The molecule has 2 aliphatic rings. The van der Waals surface area contributed by atoms with E-state index in [-0.39, 0.29) is 16.0 Å². The first-order valence-corrected chi connectivity index (χ1v) is 15.7. The van der Waals surface area contributed by atoms with Gasteiger partial charge >= 0.3 is 12.3 Å². The van der Waals surface area contributed by atoms with Crippen LogP contribution in [-0.4, -0.2) is 66.7 Å². The largest absolute Gasteiger partial charge is 0.449 e. The van der Waals surface area contributed by atoms with Crippen molar-refractivity contribution in [2.75, 3.05) is 23.4 Å². The Morgan fingerprint density at radius 2 is 1.86 bits per heavy atom. The Morgan fingerprint density at radius 1 is 1.12 bits per heavy atom. The highest BCUT2D eigenvalue weighted by atomic mass is 32.2. The first-order chi connectivity index (χ1) is 20.2. The molecule has 2 amide bonds. The second-order valence-corrected chi connectivity index (χ2v) is 13.2. The SMILES string of the molecule is Cc1nc(Nc2cccc(N3CCCOC3=O)n2)sc1-c1cc2c(c(S(=O)(=O)NC(C)C)c1)C(=O)N(C(C)C(F)(F)F)C2. The van der Waals surface area contributed by atoms with Crippen LogP contribution in [0.2, 0.25) is 0 Å². The van der Waals surface area contributed by atoms with Crippen LogP contribution in [-0.2, 0) is 21.3 Å². The minimum absolute atomic E-state index is 0.174. The van der Waals surface area contributed by atoms with Crippen LogP contribution in [0.5, 0.6) is 0 Å². The summed E-state index contributed by atoms with van der Waals surface area (Å²) in [6.45, 7) is 6.20. The number of fused-ring (bicyclic) bond motifs is 1. The molecule has 230 valence electrons. The molecule has 2 aliphatic heterocycles. The number of cyclic esters (lactones) is 1. The standard InChI is InChI=1S/C27H29F3N6O5S2/c1-14(2)34-43(39,40)19-12-17(11-18-13-36(24(37)22(18)19)16(4)27(28,29)30)23-15(3)31-25(42-23)33-20-7-5-8-21(32-20)35-9-6-10-41-26(35)38/h5,7-8,11-12,14,16,34H,6,9-10,13H2,1-4H3,(H,31,32,33). The van der Waals surface area contributed by atoms with E-state index in [2.05, 4.69) is 20.0 Å². The number of carbonyl (C=O) groups excluding carboxylic acids is 2. The molecule has 0 saturated carbocycles. The lowest BCUT2D eigenvalue weighted by Gasteiger charge is -2.26. The Balaban J connectivity index is 1.51. The Kier molecular flexibility index (Phi) is 8.13. The van der Waals surface area contributed by atoms with E-state index in [4.69, 9.17) is 4.74 Å². The van der Waals surface area contributed by atoms with Gasteiger partial charge in [-0.2, -0.15) is 13.2 Å². The number of sulfonamides is 1. The molecule has 1 atom stereocenters. The summed E-state index contributed by atoms with van der Waals surface area (Å²) in [6.07, 6.45) is -4.51. The predicted octanol–water partition coefficient (Wildman–Crippen LogP) is 5.20. The van der Waals surface area contributed by atoms with Gasteiger partial charge < -0.3 is 15.0 Å². The van der Waals surface area contributed by atoms with Gasteiger partial charge in [0.25, 0.3) is 5.91 Å². The smallest absolute Gasteiger partial charge is 0.415 e. The van der Waals surface area contributed by atoms with E-state index in [0.717, 1.165) is 6.92 Å².